The van der Waals surface area contributed by atoms with Gasteiger partial charge < -0.3 is 15.2 Å². The Hall–Kier alpha value is -2.94. The number of rotatable bonds is 7. The highest BCUT2D eigenvalue weighted by atomic mass is 79.9. The molecule has 2 amide bonds. The van der Waals surface area contributed by atoms with Crippen molar-refractivity contribution >= 4 is 34.0 Å². The summed E-state index contributed by atoms with van der Waals surface area (Å²) >= 11 is 3.29. The van der Waals surface area contributed by atoms with Crippen LogP contribution in [0.5, 0.6) is 11.5 Å². The number of hydrogen-bond donors (Lipinski definition) is 3. The van der Waals surface area contributed by atoms with E-state index < -0.39 is 23.7 Å². The van der Waals surface area contributed by atoms with Gasteiger partial charge in [0.05, 0.1) is 13.3 Å². The first kappa shape index (κ1) is 22.4. The van der Waals surface area contributed by atoms with Gasteiger partial charge in [0, 0.05) is 15.6 Å². The van der Waals surface area contributed by atoms with Crippen molar-refractivity contribution in [2.24, 2.45) is 11.0 Å². The third-order valence-electron chi connectivity index (χ3n) is 4.01. The number of methoxy groups -OCH3 is 1. The summed E-state index contributed by atoms with van der Waals surface area (Å²) in [7, 11) is 1.42. The van der Waals surface area contributed by atoms with Crippen LogP contribution in [-0.4, -0.2) is 36.3 Å². The molecule has 0 aliphatic rings. The summed E-state index contributed by atoms with van der Waals surface area (Å²) in [5.41, 5.74) is 2.91. The fraction of sp³-hybridized carbons (Fsp3) is 0.250. The topological polar surface area (TPSA) is 100 Å². The predicted octanol–water partition coefficient (Wildman–Crippen LogP) is 3.21. The maximum absolute atomic E-state index is 13.0. The van der Waals surface area contributed by atoms with Crippen molar-refractivity contribution in [3.05, 3.63) is 57.8 Å². The van der Waals surface area contributed by atoms with Gasteiger partial charge in [0.2, 0.25) is 0 Å². The number of halogens is 2. The van der Waals surface area contributed by atoms with Gasteiger partial charge >= 0.3 is 0 Å². The summed E-state index contributed by atoms with van der Waals surface area (Å²) in [5, 5.41) is 16.6. The van der Waals surface area contributed by atoms with Gasteiger partial charge in [-0.15, -0.1) is 0 Å². The molecule has 2 aromatic rings. The van der Waals surface area contributed by atoms with E-state index in [1.165, 1.54) is 37.6 Å². The molecule has 1 unspecified atom stereocenters. The Kier molecular flexibility index (Phi) is 7.72. The number of hydrogen-bond acceptors (Lipinski definition) is 5. The van der Waals surface area contributed by atoms with Gasteiger partial charge in [0.25, 0.3) is 11.8 Å². The van der Waals surface area contributed by atoms with E-state index in [0.717, 1.165) is 0 Å². The number of amides is 2. The Morgan fingerprint density at radius 1 is 1.24 bits per heavy atom. The van der Waals surface area contributed by atoms with Crippen molar-refractivity contribution in [2.75, 3.05) is 7.11 Å². The van der Waals surface area contributed by atoms with Crippen molar-refractivity contribution in [3.8, 4) is 11.5 Å². The molecule has 0 bridgehead atoms. The molecule has 1 atom stereocenters. The number of aromatic hydroxyl groups is 1. The molecule has 2 rings (SSSR count). The molecule has 7 nitrogen and oxygen atoms in total. The molecule has 0 heterocycles. The number of hydrazone groups is 1. The van der Waals surface area contributed by atoms with Gasteiger partial charge in [-0.2, -0.15) is 5.10 Å². The maximum atomic E-state index is 13.0. The highest BCUT2D eigenvalue weighted by Gasteiger charge is 2.24. The van der Waals surface area contributed by atoms with Crippen molar-refractivity contribution < 1.29 is 23.8 Å². The molecule has 154 valence electrons. The van der Waals surface area contributed by atoms with Crippen LogP contribution in [0, 0.1) is 11.7 Å². The van der Waals surface area contributed by atoms with Crippen molar-refractivity contribution in [3.63, 3.8) is 0 Å². The summed E-state index contributed by atoms with van der Waals surface area (Å²) in [5.74, 6) is -1.60. The normalized spacial score (nSPS) is 12.1. The second kappa shape index (κ2) is 10.0. The van der Waals surface area contributed by atoms with Crippen LogP contribution in [0.4, 0.5) is 4.39 Å². The molecule has 0 saturated carbocycles. The maximum Gasteiger partial charge on any atom is 0.262 e. The molecule has 0 radical (unpaired) electrons. The van der Waals surface area contributed by atoms with Crippen LogP contribution in [0.15, 0.2) is 46.0 Å². The smallest absolute Gasteiger partial charge is 0.262 e. The lowest BCUT2D eigenvalue weighted by molar-refractivity contribution is -0.123. The molecule has 0 aliphatic heterocycles. The lowest BCUT2D eigenvalue weighted by Gasteiger charge is -2.20. The molecule has 0 aromatic heterocycles. The minimum Gasteiger partial charge on any atom is -0.504 e. The molecular weight excluding hydrogens is 445 g/mol. The standard InChI is InChI=1S/C20H21BrFN3O4/c1-11(2)17(24-19(27)12-4-6-15(22)7-5-12)20(28)25-23-10-13-8-14(21)9-16(29-3)18(13)26/h4-11,17,26H,1-3H3,(H,24,27)(H,25,28). The van der Waals surface area contributed by atoms with Gasteiger partial charge in [-0.05, 0) is 42.3 Å². The van der Waals surface area contributed by atoms with Crippen LogP contribution >= 0.6 is 15.9 Å². The van der Waals surface area contributed by atoms with Gasteiger partial charge in [-0.3, -0.25) is 9.59 Å². The minimum atomic E-state index is -0.865. The van der Waals surface area contributed by atoms with E-state index in [2.05, 4.69) is 31.8 Å². The highest BCUT2D eigenvalue weighted by molar-refractivity contribution is 9.10. The van der Waals surface area contributed by atoms with Crippen LogP contribution in [0.2, 0.25) is 0 Å². The first-order valence-corrected chi connectivity index (χ1v) is 9.48. The predicted molar refractivity (Wildman–Crippen MR) is 111 cm³/mol. The Labute approximate surface area is 176 Å². The summed E-state index contributed by atoms with van der Waals surface area (Å²) in [6, 6.07) is 7.33. The molecule has 2 aromatic carbocycles. The Bertz CT molecular complexity index is 917. The third kappa shape index (κ3) is 6.02. The van der Waals surface area contributed by atoms with E-state index in [-0.39, 0.29) is 23.0 Å². The number of carbonyl (C=O) groups is 2. The van der Waals surface area contributed by atoms with Crippen molar-refractivity contribution in [2.45, 2.75) is 19.9 Å². The van der Waals surface area contributed by atoms with E-state index in [1.54, 1.807) is 26.0 Å². The van der Waals surface area contributed by atoms with Crippen molar-refractivity contribution in [1.82, 2.24) is 10.7 Å². The monoisotopic (exact) mass is 465 g/mol. The van der Waals surface area contributed by atoms with Crippen LogP contribution in [0.1, 0.15) is 29.8 Å². The molecule has 0 aliphatic carbocycles. The second-order valence-corrected chi connectivity index (χ2v) is 7.40. The number of benzene rings is 2. The van der Waals surface area contributed by atoms with Gasteiger partial charge in [0.15, 0.2) is 11.5 Å². The number of carbonyl (C=O) groups excluding carboxylic acids is 2. The Morgan fingerprint density at radius 2 is 1.90 bits per heavy atom. The lowest BCUT2D eigenvalue weighted by atomic mass is 10.0. The van der Waals surface area contributed by atoms with Gasteiger partial charge in [0.1, 0.15) is 11.9 Å². The molecule has 0 fully saturated rings. The van der Waals surface area contributed by atoms with E-state index in [1.807, 2.05) is 0 Å². The Balaban J connectivity index is 2.08. The van der Waals surface area contributed by atoms with E-state index in [0.29, 0.717) is 10.0 Å². The molecular formula is C20H21BrFN3O4. The van der Waals surface area contributed by atoms with Gasteiger partial charge in [-0.25, -0.2) is 9.82 Å². The van der Waals surface area contributed by atoms with Crippen LogP contribution in [0.3, 0.4) is 0 Å². The largest absolute Gasteiger partial charge is 0.504 e. The summed E-state index contributed by atoms with van der Waals surface area (Å²) < 4.78 is 18.7. The quantitative estimate of drug-likeness (QED) is 0.431. The van der Waals surface area contributed by atoms with Crippen LogP contribution < -0.4 is 15.5 Å². The number of phenolic OH excluding ortho intramolecular Hbond substituents is 1. The summed E-state index contributed by atoms with van der Waals surface area (Å²) in [6.45, 7) is 3.54. The minimum absolute atomic E-state index is 0.126. The number of ether oxygens (including phenoxy) is 1. The summed E-state index contributed by atoms with van der Waals surface area (Å²) in [6.07, 6.45) is 1.26. The van der Waals surface area contributed by atoms with Crippen molar-refractivity contribution in [1.29, 1.82) is 0 Å². The summed E-state index contributed by atoms with van der Waals surface area (Å²) in [4.78, 5) is 24.8. The molecule has 9 heteroatoms. The molecule has 3 N–H and O–H groups in total. The number of nitrogens with zero attached hydrogens (tertiary/aromatic N) is 1. The Morgan fingerprint density at radius 3 is 2.48 bits per heavy atom. The SMILES string of the molecule is COc1cc(Br)cc(C=NNC(=O)C(NC(=O)c2ccc(F)cc2)C(C)C)c1O. The van der Waals surface area contributed by atoms with Gasteiger partial charge in [-0.1, -0.05) is 29.8 Å². The second-order valence-electron chi connectivity index (χ2n) is 6.48. The molecule has 29 heavy (non-hydrogen) atoms. The number of nitrogens with one attached hydrogen (secondary N) is 2. The van der Waals surface area contributed by atoms with E-state index in [4.69, 9.17) is 4.74 Å². The first-order valence-electron chi connectivity index (χ1n) is 8.68. The number of phenols is 1. The fourth-order valence-electron chi connectivity index (χ4n) is 2.44. The zero-order chi connectivity index (χ0) is 21.6. The zero-order valence-corrected chi connectivity index (χ0v) is 17.7. The molecule has 0 spiro atoms. The fourth-order valence-corrected chi connectivity index (χ4v) is 2.90. The lowest BCUT2D eigenvalue weighted by Crippen LogP contribution is -2.48. The average molecular weight is 466 g/mol. The van der Waals surface area contributed by atoms with Crippen LogP contribution in [0.25, 0.3) is 0 Å². The van der Waals surface area contributed by atoms with E-state index in [9.17, 15) is 19.1 Å². The highest BCUT2D eigenvalue weighted by Crippen LogP contribution is 2.32. The van der Waals surface area contributed by atoms with E-state index >= 15 is 0 Å². The average Bonchev–Trinajstić information content (AvgIpc) is 2.68. The third-order valence-corrected chi connectivity index (χ3v) is 4.47. The van der Waals surface area contributed by atoms with Crippen LogP contribution in [-0.2, 0) is 4.79 Å². The zero-order valence-electron chi connectivity index (χ0n) is 16.1. The first-order chi connectivity index (χ1) is 13.7. The molecule has 0 saturated heterocycles.